The Kier molecular flexibility index (Phi) is 4.84. The van der Waals surface area contributed by atoms with Crippen LogP contribution in [0.1, 0.15) is 25.0 Å². The van der Waals surface area contributed by atoms with E-state index >= 15 is 0 Å². The van der Waals surface area contributed by atoms with Gasteiger partial charge >= 0.3 is 18.3 Å². The average molecular weight is 328 g/mol. The second-order valence-corrected chi connectivity index (χ2v) is 5.35. The summed E-state index contributed by atoms with van der Waals surface area (Å²) in [6.45, 7) is 3.67. The first-order valence-corrected chi connectivity index (χ1v) is 6.30. The van der Waals surface area contributed by atoms with Gasteiger partial charge in [-0.25, -0.2) is 0 Å². The molecule has 0 amide bonds. The van der Waals surface area contributed by atoms with E-state index in [1.54, 1.807) is 0 Å². The van der Waals surface area contributed by atoms with Crippen molar-refractivity contribution >= 4 is 5.97 Å². The highest BCUT2D eigenvalue weighted by Crippen LogP contribution is 2.52. The molecule has 0 aliphatic carbocycles. The number of hydrogen-bond acceptors (Lipinski definition) is 1. The number of alkyl halides is 6. The molecule has 0 atom stereocenters. The number of halogens is 6. The number of rotatable bonds is 4. The Hall–Kier alpha value is -1.73. The maximum absolute atomic E-state index is 13.0. The van der Waals surface area contributed by atoms with E-state index in [1.165, 1.54) is 0 Å². The van der Waals surface area contributed by atoms with Crippen LogP contribution in [0.25, 0.3) is 0 Å². The maximum atomic E-state index is 13.0. The van der Waals surface area contributed by atoms with Crippen molar-refractivity contribution in [3.05, 3.63) is 35.4 Å². The molecule has 0 aromatic heterocycles. The fourth-order valence-corrected chi connectivity index (χ4v) is 2.22. The molecule has 124 valence electrons. The van der Waals surface area contributed by atoms with E-state index in [0.29, 0.717) is 24.1 Å². The van der Waals surface area contributed by atoms with Gasteiger partial charge in [0.05, 0.1) is 0 Å². The zero-order valence-corrected chi connectivity index (χ0v) is 11.7. The van der Waals surface area contributed by atoms with Crippen LogP contribution >= 0.6 is 0 Å². The summed E-state index contributed by atoms with van der Waals surface area (Å²) in [5, 5.41) is 8.72. The standard InChI is InChI=1S/C14H14F6O2/c1-8(2)7-9-3-5-10(6-4-9)12(11(21)22,13(15,16)17)14(18,19)20/h3-6,8H,7H2,1-2H3,(H,21,22). The Labute approximate surface area is 122 Å². The Bertz CT molecular complexity index is 514. The second-order valence-electron chi connectivity index (χ2n) is 5.35. The number of benzene rings is 1. The fourth-order valence-electron chi connectivity index (χ4n) is 2.22. The van der Waals surface area contributed by atoms with Gasteiger partial charge in [0.15, 0.2) is 0 Å². The lowest BCUT2D eigenvalue weighted by Crippen LogP contribution is -2.59. The molecule has 0 radical (unpaired) electrons. The van der Waals surface area contributed by atoms with Crippen molar-refractivity contribution < 1.29 is 36.2 Å². The minimum absolute atomic E-state index is 0.153. The molecule has 0 spiro atoms. The predicted octanol–water partition coefficient (Wildman–Crippen LogP) is 4.33. The summed E-state index contributed by atoms with van der Waals surface area (Å²) < 4.78 is 78.1. The van der Waals surface area contributed by atoms with Gasteiger partial charge in [-0.1, -0.05) is 38.1 Å². The topological polar surface area (TPSA) is 37.3 Å². The van der Waals surface area contributed by atoms with Gasteiger partial charge in [-0.3, -0.25) is 4.79 Å². The number of carbonyl (C=O) groups is 1. The number of carboxylic acids is 1. The molecule has 2 nitrogen and oxygen atoms in total. The molecule has 22 heavy (non-hydrogen) atoms. The minimum atomic E-state index is -6.02. The predicted molar refractivity (Wildman–Crippen MR) is 66.4 cm³/mol. The summed E-state index contributed by atoms with van der Waals surface area (Å²) in [5.41, 5.74) is -5.76. The fraction of sp³-hybridized carbons (Fsp3) is 0.500. The average Bonchev–Trinajstić information content (AvgIpc) is 2.26. The summed E-state index contributed by atoms with van der Waals surface area (Å²) in [7, 11) is 0. The summed E-state index contributed by atoms with van der Waals surface area (Å²) in [5.74, 6) is -2.84. The molecule has 8 heteroatoms. The number of hydrogen-bond donors (Lipinski definition) is 1. The Morgan fingerprint density at radius 3 is 1.68 bits per heavy atom. The van der Waals surface area contributed by atoms with E-state index in [-0.39, 0.29) is 5.92 Å². The van der Waals surface area contributed by atoms with E-state index in [9.17, 15) is 31.1 Å². The van der Waals surface area contributed by atoms with Gasteiger partial charge in [0.1, 0.15) is 0 Å². The van der Waals surface area contributed by atoms with Crippen LogP contribution in [-0.2, 0) is 16.6 Å². The van der Waals surface area contributed by atoms with Crippen LogP contribution in [0, 0.1) is 5.92 Å². The van der Waals surface area contributed by atoms with Crippen molar-refractivity contribution in [2.24, 2.45) is 5.92 Å². The summed E-state index contributed by atoms with van der Waals surface area (Å²) in [6, 6.07) is 3.33. The van der Waals surface area contributed by atoms with Crippen LogP contribution in [0.3, 0.4) is 0 Å². The molecule has 0 aliphatic heterocycles. The monoisotopic (exact) mass is 328 g/mol. The third kappa shape index (κ3) is 3.05. The van der Waals surface area contributed by atoms with Gasteiger partial charge in [0.2, 0.25) is 0 Å². The lowest BCUT2D eigenvalue weighted by Gasteiger charge is -2.33. The summed E-state index contributed by atoms with van der Waals surface area (Å²) in [4.78, 5) is 10.9. The largest absolute Gasteiger partial charge is 0.480 e. The van der Waals surface area contributed by atoms with Crippen molar-refractivity contribution in [1.82, 2.24) is 0 Å². The first-order valence-electron chi connectivity index (χ1n) is 6.30. The lowest BCUT2D eigenvalue weighted by atomic mass is 9.78. The molecule has 0 fully saturated rings. The normalized spacial score (nSPS) is 13.5. The summed E-state index contributed by atoms with van der Waals surface area (Å²) in [6.07, 6.45) is -11.6. The smallest absolute Gasteiger partial charge is 0.417 e. The molecule has 0 bridgehead atoms. The highest BCUT2D eigenvalue weighted by atomic mass is 19.4. The van der Waals surface area contributed by atoms with E-state index < -0.39 is 29.3 Å². The van der Waals surface area contributed by atoms with Crippen LogP contribution in [0.2, 0.25) is 0 Å². The van der Waals surface area contributed by atoms with Crippen molar-refractivity contribution in [2.75, 3.05) is 0 Å². The van der Waals surface area contributed by atoms with Crippen molar-refractivity contribution in [1.29, 1.82) is 0 Å². The van der Waals surface area contributed by atoms with Gasteiger partial charge in [-0.15, -0.1) is 0 Å². The summed E-state index contributed by atoms with van der Waals surface area (Å²) >= 11 is 0. The minimum Gasteiger partial charge on any atom is -0.480 e. The molecule has 0 aliphatic rings. The number of carboxylic acid groups (broad SMARTS) is 1. The van der Waals surface area contributed by atoms with E-state index in [2.05, 4.69) is 0 Å². The van der Waals surface area contributed by atoms with E-state index in [4.69, 9.17) is 5.11 Å². The van der Waals surface area contributed by atoms with Crippen molar-refractivity contribution in [3.63, 3.8) is 0 Å². The molecule has 1 aromatic carbocycles. The van der Waals surface area contributed by atoms with Gasteiger partial charge in [0.25, 0.3) is 5.41 Å². The molecule has 0 heterocycles. The molecular formula is C14H14F6O2. The van der Waals surface area contributed by atoms with E-state index in [0.717, 1.165) is 12.1 Å². The highest BCUT2D eigenvalue weighted by molar-refractivity contribution is 5.84. The zero-order valence-electron chi connectivity index (χ0n) is 11.7. The van der Waals surface area contributed by atoms with Gasteiger partial charge in [-0.05, 0) is 23.5 Å². The Balaban J connectivity index is 3.50. The zero-order chi connectivity index (χ0) is 17.3. The third-order valence-electron chi connectivity index (χ3n) is 3.20. The first-order chi connectivity index (χ1) is 9.84. The molecule has 0 saturated heterocycles. The highest BCUT2D eigenvalue weighted by Gasteiger charge is 2.77. The van der Waals surface area contributed by atoms with Gasteiger partial charge in [0, 0.05) is 0 Å². The van der Waals surface area contributed by atoms with Crippen molar-refractivity contribution in [3.8, 4) is 0 Å². The Morgan fingerprint density at radius 1 is 1.00 bits per heavy atom. The number of aliphatic carboxylic acids is 1. The molecule has 1 rings (SSSR count). The van der Waals surface area contributed by atoms with Gasteiger partial charge < -0.3 is 5.11 Å². The van der Waals surface area contributed by atoms with Crippen LogP contribution < -0.4 is 0 Å². The van der Waals surface area contributed by atoms with Crippen LogP contribution in [0.15, 0.2) is 24.3 Å². The van der Waals surface area contributed by atoms with Crippen LogP contribution in [0.4, 0.5) is 26.3 Å². The third-order valence-corrected chi connectivity index (χ3v) is 3.20. The molecular weight excluding hydrogens is 314 g/mol. The van der Waals surface area contributed by atoms with Crippen LogP contribution in [0.5, 0.6) is 0 Å². The quantitative estimate of drug-likeness (QED) is 0.835. The second kappa shape index (κ2) is 5.81. The molecule has 1 N–H and O–H groups in total. The lowest BCUT2D eigenvalue weighted by molar-refractivity contribution is -0.297. The van der Waals surface area contributed by atoms with E-state index in [1.807, 2.05) is 13.8 Å². The van der Waals surface area contributed by atoms with Gasteiger partial charge in [-0.2, -0.15) is 26.3 Å². The van der Waals surface area contributed by atoms with Crippen molar-refractivity contribution in [2.45, 2.75) is 38.0 Å². The SMILES string of the molecule is CC(C)Cc1ccc(C(C(=O)O)(C(F)(F)F)C(F)(F)F)cc1. The molecule has 0 saturated carbocycles. The maximum Gasteiger partial charge on any atom is 0.417 e. The first kappa shape index (κ1) is 18.3. The molecule has 0 unspecified atom stereocenters. The van der Waals surface area contributed by atoms with Crippen LogP contribution in [-0.4, -0.2) is 23.4 Å². The molecule has 1 aromatic rings. The Morgan fingerprint density at radius 2 is 1.41 bits per heavy atom.